The molecule has 10 nitrogen and oxygen atoms in total. The second-order valence-corrected chi connectivity index (χ2v) is 8.20. The summed E-state index contributed by atoms with van der Waals surface area (Å²) in [5, 5.41) is 10.6. The van der Waals surface area contributed by atoms with Crippen molar-refractivity contribution in [2.75, 3.05) is 23.7 Å². The first-order valence-electron chi connectivity index (χ1n) is 11.2. The Kier molecular flexibility index (Phi) is 7.04. The van der Waals surface area contributed by atoms with Crippen molar-refractivity contribution in [3.63, 3.8) is 0 Å². The molecular weight excluding hydrogens is 457 g/mol. The highest BCUT2D eigenvalue weighted by Gasteiger charge is 2.45. The number of nitrogens with one attached hydrogen (secondary N) is 4. The molecule has 11 heteroatoms. The minimum atomic E-state index is -1.02. The highest BCUT2D eigenvalue weighted by molar-refractivity contribution is 6.25. The Balaban J connectivity index is 1.27. The molecule has 35 heavy (non-hydrogen) atoms. The van der Waals surface area contributed by atoms with E-state index < -0.39 is 41.5 Å². The molecule has 0 radical (unpaired) electrons. The number of carbonyl (C=O) groups excluding carboxylic acids is 5. The van der Waals surface area contributed by atoms with Gasteiger partial charge in [-0.15, -0.1) is 0 Å². The number of hydrogen-bond acceptors (Lipinski definition) is 6. The van der Waals surface area contributed by atoms with Crippen molar-refractivity contribution in [1.29, 1.82) is 0 Å². The monoisotopic (exact) mass is 481 g/mol. The highest BCUT2D eigenvalue weighted by Crippen LogP contribution is 2.32. The van der Waals surface area contributed by atoms with E-state index >= 15 is 0 Å². The largest absolute Gasteiger partial charge is 0.384 e. The van der Waals surface area contributed by atoms with E-state index in [0.29, 0.717) is 37.3 Å². The van der Waals surface area contributed by atoms with Crippen molar-refractivity contribution in [3.05, 3.63) is 59.4 Å². The number of fused-ring (bicyclic) bond motifs is 1. The molecule has 1 unspecified atom stereocenters. The van der Waals surface area contributed by atoms with Gasteiger partial charge in [-0.3, -0.25) is 29.4 Å². The van der Waals surface area contributed by atoms with Crippen LogP contribution < -0.4 is 21.3 Å². The third-order valence-electron chi connectivity index (χ3n) is 5.76. The molecule has 1 atom stereocenters. The van der Waals surface area contributed by atoms with Crippen LogP contribution in [0, 0.1) is 5.82 Å². The first-order valence-corrected chi connectivity index (χ1v) is 11.2. The van der Waals surface area contributed by atoms with Gasteiger partial charge < -0.3 is 16.0 Å². The Morgan fingerprint density at radius 2 is 1.80 bits per heavy atom. The summed E-state index contributed by atoms with van der Waals surface area (Å²) in [7, 11) is 0. The van der Waals surface area contributed by atoms with E-state index in [-0.39, 0.29) is 24.0 Å². The first-order chi connectivity index (χ1) is 16.8. The van der Waals surface area contributed by atoms with Gasteiger partial charge in [-0.2, -0.15) is 0 Å². The Labute approximate surface area is 200 Å². The number of unbranched alkanes of at least 4 members (excludes halogenated alkanes) is 1. The highest BCUT2D eigenvalue weighted by atomic mass is 19.1. The number of urea groups is 1. The van der Waals surface area contributed by atoms with Crippen LogP contribution in [0.15, 0.2) is 42.5 Å². The number of rotatable bonds is 8. The number of halogens is 1. The molecular formula is C24H24FN5O5. The third kappa shape index (κ3) is 5.29. The van der Waals surface area contributed by atoms with Gasteiger partial charge in [0.15, 0.2) is 0 Å². The predicted molar refractivity (Wildman–Crippen MR) is 124 cm³/mol. The fourth-order valence-corrected chi connectivity index (χ4v) is 4.08. The quantitative estimate of drug-likeness (QED) is 0.337. The van der Waals surface area contributed by atoms with Gasteiger partial charge in [-0.1, -0.05) is 12.1 Å². The van der Waals surface area contributed by atoms with Gasteiger partial charge in [0, 0.05) is 30.9 Å². The van der Waals surface area contributed by atoms with Crippen molar-refractivity contribution >= 4 is 41.0 Å². The predicted octanol–water partition coefficient (Wildman–Crippen LogP) is 2.24. The molecule has 2 aromatic carbocycles. The topological polar surface area (TPSA) is 137 Å². The van der Waals surface area contributed by atoms with E-state index in [4.69, 9.17) is 0 Å². The lowest BCUT2D eigenvalue weighted by atomic mass is 10.0. The Bertz CT molecular complexity index is 1200. The van der Waals surface area contributed by atoms with Crippen molar-refractivity contribution in [2.45, 2.75) is 31.7 Å². The molecule has 0 aromatic heterocycles. The summed E-state index contributed by atoms with van der Waals surface area (Å²) >= 11 is 0. The molecule has 1 saturated heterocycles. The second-order valence-electron chi connectivity index (χ2n) is 8.20. The maximum absolute atomic E-state index is 13.2. The zero-order valence-corrected chi connectivity index (χ0v) is 18.7. The van der Waals surface area contributed by atoms with E-state index in [1.807, 2.05) is 0 Å². The lowest BCUT2D eigenvalue weighted by Crippen LogP contribution is -2.54. The van der Waals surface area contributed by atoms with Gasteiger partial charge in [0.25, 0.3) is 11.8 Å². The SMILES string of the molecule is O=C1CCC(N2C(=O)c3cccc(NCCCCNC(=O)Nc4cccc(F)c4)c3C2=O)C(=O)N1. The molecule has 6 amide bonds. The van der Waals surface area contributed by atoms with Crippen LogP contribution in [0.3, 0.4) is 0 Å². The lowest BCUT2D eigenvalue weighted by Gasteiger charge is -2.27. The summed E-state index contributed by atoms with van der Waals surface area (Å²) in [6.45, 7) is 0.861. The maximum atomic E-state index is 13.2. The number of piperidine rings is 1. The number of amides is 6. The van der Waals surface area contributed by atoms with Gasteiger partial charge in [0.2, 0.25) is 11.8 Å². The van der Waals surface area contributed by atoms with Crippen molar-refractivity contribution < 1.29 is 28.4 Å². The number of hydrogen-bond donors (Lipinski definition) is 4. The molecule has 0 bridgehead atoms. The standard InChI is InChI=1S/C24H24FN5O5/c25-14-5-3-6-15(13-14)28-24(35)27-12-2-1-11-26-17-8-4-7-16-20(17)23(34)30(22(16)33)18-9-10-19(31)29-21(18)32/h3-8,13,18,26H,1-2,9-12H2,(H2,27,28,35)(H,29,31,32). The molecule has 2 aliphatic heterocycles. The third-order valence-corrected chi connectivity index (χ3v) is 5.76. The average Bonchev–Trinajstić information content (AvgIpc) is 3.07. The Hall–Kier alpha value is -4.28. The number of benzene rings is 2. The second kappa shape index (κ2) is 10.3. The Morgan fingerprint density at radius 3 is 2.57 bits per heavy atom. The van der Waals surface area contributed by atoms with E-state index in [2.05, 4.69) is 21.3 Å². The molecule has 1 fully saturated rings. The summed E-state index contributed by atoms with van der Waals surface area (Å²) in [5.41, 5.74) is 1.25. The molecule has 0 aliphatic carbocycles. The van der Waals surface area contributed by atoms with Crippen LogP contribution in [-0.2, 0) is 9.59 Å². The lowest BCUT2D eigenvalue weighted by molar-refractivity contribution is -0.136. The molecule has 2 aliphatic rings. The van der Waals surface area contributed by atoms with Gasteiger partial charge in [0.1, 0.15) is 11.9 Å². The fourth-order valence-electron chi connectivity index (χ4n) is 4.08. The van der Waals surface area contributed by atoms with Crippen LogP contribution in [-0.4, -0.2) is 53.7 Å². The van der Waals surface area contributed by atoms with Crippen LogP contribution in [0.5, 0.6) is 0 Å². The van der Waals surface area contributed by atoms with Crippen molar-refractivity contribution in [1.82, 2.24) is 15.5 Å². The number of nitrogens with zero attached hydrogens (tertiary/aromatic N) is 1. The van der Waals surface area contributed by atoms with Crippen LogP contribution in [0.4, 0.5) is 20.6 Å². The van der Waals surface area contributed by atoms with E-state index in [9.17, 15) is 28.4 Å². The summed E-state index contributed by atoms with van der Waals surface area (Å²) in [5.74, 6) is -2.65. The van der Waals surface area contributed by atoms with E-state index in [1.54, 1.807) is 18.2 Å². The number of imide groups is 2. The molecule has 0 saturated carbocycles. The smallest absolute Gasteiger partial charge is 0.319 e. The summed E-state index contributed by atoms with van der Waals surface area (Å²) in [6, 6.07) is 9.00. The van der Waals surface area contributed by atoms with Gasteiger partial charge in [-0.05, 0) is 49.6 Å². The molecule has 182 valence electrons. The van der Waals surface area contributed by atoms with Crippen LogP contribution >= 0.6 is 0 Å². The minimum Gasteiger partial charge on any atom is -0.384 e. The van der Waals surface area contributed by atoms with Gasteiger partial charge >= 0.3 is 6.03 Å². The molecule has 4 rings (SSSR count). The molecule has 2 heterocycles. The number of carbonyl (C=O) groups is 5. The van der Waals surface area contributed by atoms with E-state index in [0.717, 1.165) is 4.90 Å². The maximum Gasteiger partial charge on any atom is 0.319 e. The van der Waals surface area contributed by atoms with Gasteiger partial charge in [-0.25, -0.2) is 9.18 Å². The summed E-state index contributed by atoms with van der Waals surface area (Å²) < 4.78 is 13.2. The zero-order valence-electron chi connectivity index (χ0n) is 18.7. The summed E-state index contributed by atoms with van der Waals surface area (Å²) in [6.07, 6.45) is 1.44. The van der Waals surface area contributed by atoms with Gasteiger partial charge in [0.05, 0.1) is 11.1 Å². The van der Waals surface area contributed by atoms with Crippen LogP contribution in [0.2, 0.25) is 0 Å². The van der Waals surface area contributed by atoms with E-state index in [1.165, 1.54) is 24.3 Å². The zero-order chi connectivity index (χ0) is 24.9. The Morgan fingerprint density at radius 1 is 1.03 bits per heavy atom. The average molecular weight is 481 g/mol. The van der Waals surface area contributed by atoms with Crippen molar-refractivity contribution in [2.24, 2.45) is 0 Å². The molecule has 0 spiro atoms. The molecule has 2 aromatic rings. The summed E-state index contributed by atoms with van der Waals surface area (Å²) in [4.78, 5) is 62.4. The normalized spacial score (nSPS) is 17.2. The van der Waals surface area contributed by atoms with Crippen LogP contribution in [0.25, 0.3) is 0 Å². The first kappa shape index (κ1) is 23.9. The minimum absolute atomic E-state index is 0.0587. The fraction of sp³-hybridized carbons (Fsp3) is 0.292. The molecule has 4 N–H and O–H groups in total. The van der Waals surface area contributed by atoms with Crippen molar-refractivity contribution in [3.8, 4) is 0 Å². The number of anilines is 2. The van der Waals surface area contributed by atoms with Crippen LogP contribution in [0.1, 0.15) is 46.4 Å².